The quantitative estimate of drug-likeness (QED) is 0.751. The Labute approximate surface area is 176 Å². The minimum absolute atomic E-state index is 0.0238. The molecule has 0 radical (unpaired) electrons. The standard InChI is InChI=1S/C23H26N4O3/c28-21-14-19(17-27(21)16-18-6-2-1-3-7-18)23(30)26-12-10-25(11-13-26)22(29)15-20-8-4-5-9-24-20/h1-9,19H,10-17H2. The van der Waals surface area contributed by atoms with Gasteiger partial charge in [0.2, 0.25) is 17.7 Å². The number of amides is 3. The van der Waals surface area contributed by atoms with E-state index in [9.17, 15) is 14.4 Å². The molecule has 0 spiro atoms. The number of hydrogen-bond acceptors (Lipinski definition) is 4. The topological polar surface area (TPSA) is 73.8 Å². The molecule has 156 valence electrons. The summed E-state index contributed by atoms with van der Waals surface area (Å²) in [6.45, 7) is 3.06. The van der Waals surface area contributed by atoms with E-state index in [4.69, 9.17) is 0 Å². The maximum atomic E-state index is 12.9. The first kappa shape index (κ1) is 20.1. The Morgan fingerprint density at radius 2 is 1.63 bits per heavy atom. The molecule has 2 aromatic rings. The van der Waals surface area contributed by atoms with E-state index in [2.05, 4.69) is 4.98 Å². The predicted molar refractivity (Wildman–Crippen MR) is 111 cm³/mol. The summed E-state index contributed by atoms with van der Waals surface area (Å²) >= 11 is 0. The molecule has 0 bridgehead atoms. The Morgan fingerprint density at radius 1 is 0.933 bits per heavy atom. The molecule has 1 aromatic heterocycles. The van der Waals surface area contributed by atoms with Gasteiger partial charge in [0.1, 0.15) is 0 Å². The summed E-state index contributed by atoms with van der Waals surface area (Å²) in [5.41, 5.74) is 1.82. The molecule has 2 aliphatic heterocycles. The van der Waals surface area contributed by atoms with Crippen LogP contribution in [0.2, 0.25) is 0 Å². The van der Waals surface area contributed by atoms with E-state index < -0.39 is 0 Å². The Hall–Kier alpha value is -3.22. The Balaban J connectivity index is 1.27. The molecule has 7 heteroatoms. The van der Waals surface area contributed by atoms with Crippen molar-refractivity contribution in [2.45, 2.75) is 19.4 Å². The Kier molecular flexibility index (Phi) is 6.07. The van der Waals surface area contributed by atoms with Gasteiger partial charge < -0.3 is 14.7 Å². The predicted octanol–water partition coefficient (Wildman–Crippen LogP) is 1.34. The number of pyridine rings is 1. The molecule has 0 aliphatic carbocycles. The first-order valence-corrected chi connectivity index (χ1v) is 10.4. The largest absolute Gasteiger partial charge is 0.339 e. The number of piperazine rings is 1. The highest BCUT2D eigenvalue weighted by atomic mass is 16.2. The Bertz CT molecular complexity index is 895. The van der Waals surface area contributed by atoms with Crippen LogP contribution in [0.4, 0.5) is 0 Å². The molecule has 2 fully saturated rings. The van der Waals surface area contributed by atoms with Crippen molar-refractivity contribution in [3.63, 3.8) is 0 Å². The molecular formula is C23H26N4O3. The zero-order valence-electron chi connectivity index (χ0n) is 16.9. The third-order valence-electron chi connectivity index (χ3n) is 5.78. The van der Waals surface area contributed by atoms with Crippen LogP contribution in [0.3, 0.4) is 0 Å². The molecule has 1 aromatic carbocycles. The summed E-state index contributed by atoms with van der Waals surface area (Å²) in [6.07, 6.45) is 2.23. The summed E-state index contributed by atoms with van der Waals surface area (Å²) in [7, 11) is 0. The first-order chi connectivity index (χ1) is 14.6. The lowest BCUT2D eigenvalue weighted by molar-refractivity contribution is -0.141. The number of rotatable bonds is 5. The smallest absolute Gasteiger partial charge is 0.228 e. The van der Waals surface area contributed by atoms with Crippen LogP contribution in [0.5, 0.6) is 0 Å². The third-order valence-corrected chi connectivity index (χ3v) is 5.78. The number of carbonyl (C=O) groups is 3. The summed E-state index contributed by atoms with van der Waals surface area (Å²) in [6, 6.07) is 15.4. The average molecular weight is 406 g/mol. The number of likely N-dealkylation sites (tertiary alicyclic amines) is 1. The molecule has 0 saturated carbocycles. The average Bonchev–Trinajstić information content (AvgIpc) is 3.15. The minimum atomic E-state index is -0.294. The van der Waals surface area contributed by atoms with Gasteiger partial charge in [-0.25, -0.2) is 0 Å². The maximum absolute atomic E-state index is 12.9. The van der Waals surface area contributed by atoms with Crippen molar-refractivity contribution < 1.29 is 14.4 Å². The van der Waals surface area contributed by atoms with Crippen LogP contribution >= 0.6 is 0 Å². The van der Waals surface area contributed by atoms with Gasteiger partial charge in [-0.2, -0.15) is 0 Å². The highest BCUT2D eigenvalue weighted by Crippen LogP contribution is 2.23. The van der Waals surface area contributed by atoms with E-state index in [1.54, 1.807) is 20.9 Å². The number of carbonyl (C=O) groups excluding carboxylic acids is 3. The van der Waals surface area contributed by atoms with E-state index in [0.717, 1.165) is 11.3 Å². The van der Waals surface area contributed by atoms with Gasteiger partial charge in [-0.1, -0.05) is 36.4 Å². The van der Waals surface area contributed by atoms with Gasteiger partial charge in [-0.05, 0) is 17.7 Å². The fourth-order valence-electron chi connectivity index (χ4n) is 4.10. The molecule has 30 heavy (non-hydrogen) atoms. The second-order valence-electron chi connectivity index (χ2n) is 7.86. The van der Waals surface area contributed by atoms with Crippen LogP contribution in [0, 0.1) is 5.92 Å². The molecule has 2 aliphatic rings. The van der Waals surface area contributed by atoms with Crippen molar-refractivity contribution in [1.82, 2.24) is 19.7 Å². The van der Waals surface area contributed by atoms with Gasteiger partial charge in [-0.3, -0.25) is 19.4 Å². The van der Waals surface area contributed by atoms with Crippen LogP contribution in [0.1, 0.15) is 17.7 Å². The zero-order chi connectivity index (χ0) is 20.9. The molecule has 1 unspecified atom stereocenters. The van der Waals surface area contributed by atoms with Gasteiger partial charge in [0.15, 0.2) is 0 Å². The molecular weight excluding hydrogens is 380 g/mol. The van der Waals surface area contributed by atoms with Gasteiger partial charge in [0.25, 0.3) is 0 Å². The van der Waals surface area contributed by atoms with Crippen molar-refractivity contribution >= 4 is 17.7 Å². The normalized spacial score (nSPS) is 19.3. The monoisotopic (exact) mass is 406 g/mol. The Morgan fingerprint density at radius 3 is 2.33 bits per heavy atom. The fraction of sp³-hybridized carbons (Fsp3) is 0.391. The number of benzene rings is 1. The molecule has 3 amide bonds. The molecule has 3 heterocycles. The van der Waals surface area contributed by atoms with Crippen molar-refractivity contribution in [1.29, 1.82) is 0 Å². The van der Waals surface area contributed by atoms with E-state index in [0.29, 0.717) is 39.3 Å². The third kappa shape index (κ3) is 4.67. The van der Waals surface area contributed by atoms with Crippen LogP contribution in [0.25, 0.3) is 0 Å². The highest BCUT2D eigenvalue weighted by molar-refractivity contribution is 5.89. The lowest BCUT2D eigenvalue weighted by Gasteiger charge is -2.36. The van der Waals surface area contributed by atoms with Gasteiger partial charge in [0.05, 0.1) is 12.3 Å². The van der Waals surface area contributed by atoms with Crippen LogP contribution in [-0.2, 0) is 27.3 Å². The van der Waals surface area contributed by atoms with Crippen LogP contribution in [0.15, 0.2) is 54.7 Å². The summed E-state index contributed by atoms with van der Waals surface area (Å²) in [5.74, 6) is -0.208. The maximum Gasteiger partial charge on any atom is 0.228 e. The molecule has 4 rings (SSSR count). The zero-order valence-corrected chi connectivity index (χ0v) is 16.9. The van der Waals surface area contributed by atoms with E-state index >= 15 is 0 Å². The van der Waals surface area contributed by atoms with Crippen molar-refractivity contribution in [3.05, 3.63) is 66.0 Å². The van der Waals surface area contributed by atoms with Crippen molar-refractivity contribution in [2.75, 3.05) is 32.7 Å². The second-order valence-corrected chi connectivity index (χ2v) is 7.86. The van der Waals surface area contributed by atoms with Gasteiger partial charge in [-0.15, -0.1) is 0 Å². The summed E-state index contributed by atoms with van der Waals surface area (Å²) < 4.78 is 0. The second kappa shape index (κ2) is 9.07. The SMILES string of the molecule is O=C(Cc1ccccn1)N1CCN(C(=O)C2CC(=O)N(Cc3ccccc3)C2)CC1. The lowest BCUT2D eigenvalue weighted by Crippen LogP contribution is -2.52. The van der Waals surface area contributed by atoms with E-state index in [-0.39, 0.29) is 36.5 Å². The van der Waals surface area contributed by atoms with E-state index in [1.165, 1.54) is 0 Å². The van der Waals surface area contributed by atoms with Crippen LogP contribution < -0.4 is 0 Å². The lowest BCUT2D eigenvalue weighted by atomic mass is 10.1. The van der Waals surface area contributed by atoms with Gasteiger partial charge >= 0.3 is 0 Å². The highest BCUT2D eigenvalue weighted by Gasteiger charge is 2.37. The van der Waals surface area contributed by atoms with Gasteiger partial charge in [0, 0.05) is 57.6 Å². The summed E-state index contributed by atoms with van der Waals surface area (Å²) in [5, 5.41) is 0. The molecule has 7 nitrogen and oxygen atoms in total. The first-order valence-electron chi connectivity index (χ1n) is 10.4. The fourth-order valence-corrected chi connectivity index (χ4v) is 4.10. The summed E-state index contributed by atoms with van der Waals surface area (Å²) in [4.78, 5) is 47.4. The van der Waals surface area contributed by atoms with Crippen LogP contribution in [-0.4, -0.2) is 70.1 Å². The molecule has 0 N–H and O–H groups in total. The molecule has 2 saturated heterocycles. The van der Waals surface area contributed by atoms with Crippen molar-refractivity contribution in [3.8, 4) is 0 Å². The van der Waals surface area contributed by atoms with Crippen molar-refractivity contribution in [2.24, 2.45) is 5.92 Å². The van der Waals surface area contributed by atoms with E-state index in [1.807, 2.05) is 48.5 Å². The number of hydrogen-bond donors (Lipinski definition) is 0. The molecule has 1 atom stereocenters. The number of nitrogens with zero attached hydrogens (tertiary/aromatic N) is 4. The minimum Gasteiger partial charge on any atom is -0.339 e. The number of aromatic nitrogens is 1.